The molecule has 0 radical (unpaired) electrons. The molecule has 1 aliphatic heterocycles. The highest BCUT2D eigenvalue weighted by molar-refractivity contribution is 5.86. The van der Waals surface area contributed by atoms with Gasteiger partial charge in [0, 0.05) is 19.5 Å². The molecule has 0 unspecified atom stereocenters. The van der Waals surface area contributed by atoms with Crippen LogP contribution in [0.3, 0.4) is 0 Å². The van der Waals surface area contributed by atoms with Crippen LogP contribution in [0.2, 0.25) is 0 Å². The number of hydrogen-bond acceptors (Lipinski definition) is 6. The maximum absolute atomic E-state index is 13.8. The Labute approximate surface area is 294 Å². The van der Waals surface area contributed by atoms with Gasteiger partial charge in [-0.25, -0.2) is 0 Å². The molecule has 0 spiro atoms. The van der Waals surface area contributed by atoms with E-state index in [0.717, 1.165) is 28.0 Å². The lowest BCUT2D eigenvalue weighted by molar-refractivity contribution is -0.150. The van der Waals surface area contributed by atoms with Crippen LogP contribution < -0.4 is 10.1 Å². The number of rotatable bonds is 13. The smallest absolute Gasteiger partial charge is 0.309 e. The Kier molecular flexibility index (Phi) is 13.8. The molecule has 2 N–H and O–H groups in total. The number of carbonyl (C=O) groups is 3. The third kappa shape index (κ3) is 11.4. The number of ether oxygens (including phenoxy) is 2. The third-order valence-electron chi connectivity index (χ3n) is 8.82. The van der Waals surface area contributed by atoms with Gasteiger partial charge >= 0.3 is 5.97 Å². The van der Waals surface area contributed by atoms with Gasteiger partial charge in [0.15, 0.2) is 0 Å². The van der Waals surface area contributed by atoms with Crippen molar-refractivity contribution in [1.82, 2.24) is 10.2 Å². The number of esters is 1. The predicted octanol–water partition coefficient (Wildman–Crippen LogP) is 6.07. The van der Waals surface area contributed by atoms with Crippen LogP contribution in [0.4, 0.5) is 0 Å². The largest absolute Gasteiger partial charge is 0.489 e. The summed E-state index contributed by atoms with van der Waals surface area (Å²) in [5.41, 5.74) is 4.00. The molecular formula is C42H46N2O6. The molecule has 0 aliphatic carbocycles. The van der Waals surface area contributed by atoms with Crippen LogP contribution in [0.1, 0.15) is 41.5 Å². The van der Waals surface area contributed by atoms with Gasteiger partial charge in [0.25, 0.3) is 0 Å². The minimum atomic E-state index is -0.644. The van der Waals surface area contributed by atoms with Gasteiger partial charge in [-0.05, 0) is 60.1 Å². The molecule has 1 heterocycles. The lowest BCUT2D eigenvalue weighted by Gasteiger charge is -2.27. The zero-order valence-electron chi connectivity index (χ0n) is 28.4. The summed E-state index contributed by atoms with van der Waals surface area (Å²) in [5.74, 6) is -1.11. The van der Waals surface area contributed by atoms with Crippen molar-refractivity contribution in [1.29, 1.82) is 0 Å². The lowest BCUT2D eigenvalue weighted by atomic mass is 9.94. The van der Waals surface area contributed by atoms with Crippen molar-refractivity contribution in [3.05, 3.63) is 150 Å². The highest BCUT2D eigenvalue weighted by atomic mass is 16.5. The Morgan fingerprint density at radius 1 is 0.740 bits per heavy atom. The number of allylic oxidation sites excluding steroid dienone is 2. The quantitative estimate of drug-likeness (QED) is 0.132. The van der Waals surface area contributed by atoms with Crippen LogP contribution in [-0.4, -0.2) is 53.6 Å². The molecule has 8 heteroatoms. The Bertz CT molecular complexity index is 1660. The summed E-state index contributed by atoms with van der Waals surface area (Å²) in [6.45, 7) is 0.783. The lowest BCUT2D eigenvalue weighted by Crippen LogP contribution is -2.45. The number of carbonyl (C=O) groups excluding carboxylic acids is 3. The topological polar surface area (TPSA) is 105 Å². The van der Waals surface area contributed by atoms with E-state index in [1.807, 2.05) is 127 Å². The van der Waals surface area contributed by atoms with E-state index in [0.29, 0.717) is 38.8 Å². The van der Waals surface area contributed by atoms with E-state index in [1.54, 1.807) is 4.90 Å². The van der Waals surface area contributed by atoms with Gasteiger partial charge in [-0.15, -0.1) is 0 Å². The zero-order valence-corrected chi connectivity index (χ0v) is 28.4. The van der Waals surface area contributed by atoms with Crippen molar-refractivity contribution in [2.45, 2.75) is 51.3 Å². The van der Waals surface area contributed by atoms with Crippen molar-refractivity contribution in [3.8, 4) is 5.75 Å². The van der Waals surface area contributed by atoms with E-state index >= 15 is 0 Å². The van der Waals surface area contributed by atoms with E-state index in [4.69, 9.17) is 9.47 Å². The normalized spacial score (nSPS) is 18.2. The second-order valence-corrected chi connectivity index (χ2v) is 12.7. The Balaban J connectivity index is 1.31. The van der Waals surface area contributed by atoms with E-state index in [2.05, 4.69) is 5.32 Å². The third-order valence-corrected chi connectivity index (χ3v) is 8.82. The summed E-state index contributed by atoms with van der Waals surface area (Å²) >= 11 is 0. The molecule has 0 saturated carbocycles. The maximum Gasteiger partial charge on any atom is 0.309 e. The van der Waals surface area contributed by atoms with Gasteiger partial charge in [0.2, 0.25) is 11.8 Å². The minimum absolute atomic E-state index is 0.00283. The number of nitrogens with zero attached hydrogens (tertiary/aromatic N) is 1. The summed E-state index contributed by atoms with van der Waals surface area (Å²) in [6.07, 6.45) is 5.53. The van der Waals surface area contributed by atoms with Gasteiger partial charge in [-0.1, -0.05) is 115 Å². The van der Waals surface area contributed by atoms with E-state index < -0.39 is 17.9 Å². The minimum Gasteiger partial charge on any atom is -0.489 e. The van der Waals surface area contributed by atoms with Crippen LogP contribution in [0.5, 0.6) is 5.75 Å². The van der Waals surface area contributed by atoms with Gasteiger partial charge < -0.3 is 24.8 Å². The van der Waals surface area contributed by atoms with Crippen molar-refractivity contribution in [3.63, 3.8) is 0 Å². The summed E-state index contributed by atoms with van der Waals surface area (Å²) in [7, 11) is 0. The first-order valence-corrected chi connectivity index (χ1v) is 17.3. The highest BCUT2D eigenvalue weighted by Gasteiger charge is 2.28. The Morgan fingerprint density at radius 2 is 1.32 bits per heavy atom. The number of cyclic esters (lactones) is 1. The molecular weight excluding hydrogens is 628 g/mol. The summed E-state index contributed by atoms with van der Waals surface area (Å²) in [5, 5.41) is 12.8. The van der Waals surface area contributed by atoms with Gasteiger partial charge in [-0.2, -0.15) is 0 Å². The molecule has 50 heavy (non-hydrogen) atoms. The van der Waals surface area contributed by atoms with Crippen LogP contribution in [0, 0.1) is 11.8 Å². The molecule has 0 aromatic heterocycles. The first-order chi connectivity index (χ1) is 24.5. The average Bonchev–Trinajstić information content (AvgIpc) is 3.14. The fourth-order valence-corrected chi connectivity index (χ4v) is 6.04. The fourth-order valence-electron chi connectivity index (χ4n) is 6.04. The highest BCUT2D eigenvalue weighted by Crippen LogP contribution is 2.21. The summed E-state index contributed by atoms with van der Waals surface area (Å²) < 4.78 is 11.8. The van der Waals surface area contributed by atoms with Crippen molar-refractivity contribution >= 4 is 17.8 Å². The number of benzene rings is 4. The number of hydrogen-bond donors (Lipinski definition) is 2. The molecule has 0 saturated heterocycles. The van der Waals surface area contributed by atoms with Crippen LogP contribution >= 0.6 is 0 Å². The number of aliphatic hydroxyl groups is 1. The monoisotopic (exact) mass is 674 g/mol. The van der Waals surface area contributed by atoms with E-state index in [1.165, 1.54) is 0 Å². The maximum atomic E-state index is 13.8. The first kappa shape index (κ1) is 36.1. The second kappa shape index (κ2) is 19.1. The predicted molar refractivity (Wildman–Crippen MR) is 193 cm³/mol. The Hall–Kier alpha value is -5.21. The van der Waals surface area contributed by atoms with Gasteiger partial charge in [-0.3, -0.25) is 14.4 Å². The van der Waals surface area contributed by atoms with Crippen LogP contribution in [0.25, 0.3) is 0 Å². The fraction of sp³-hybridized carbons (Fsp3) is 0.310. The van der Waals surface area contributed by atoms with Crippen molar-refractivity contribution in [2.75, 3.05) is 19.8 Å². The van der Waals surface area contributed by atoms with Gasteiger partial charge in [0.1, 0.15) is 19.0 Å². The molecule has 0 bridgehead atoms. The standard InChI is InChI=1S/C42H46N2O6/c45-25-24-44(29-34-14-6-2-7-15-34)40(46)28-36-18-10-11-19-37(26-32-12-4-1-5-13-32)42(48)50-31-38(43-41(36)47)27-33-20-22-39(23-21-33)49-30-35-16-8-3-9-17-35/h1-17,20-23,36-38,45H,18-19,24-31H2,(H,43,47)/t36-,37-,38+/m1/s1. The van der Waals surface area contributed by atoms with E-state index in [9.17, 15) is 19.5 Å². The number of aliphatic hydroxyl groups excluding tert-OH is 1. The second-order valence-electron chi connectivity index (χ2n) is 12.7. The molecule has 5 rings (SSSR count). The van der Waals surface area contributed by atoms with Crippen molar-refractivity contribution in [2.24, 2.45) is 11.8 Å². The molecule has 4 aromatic rings. The molecule has 0 fully saturated rings. The number of amides is 2. The molecule has 2 amide bonds. The summed E-state index contributed by atoms with van der Waals surface area (Å²) in [6, 6.07) is 36.6. The SMILES string of the molecule is O=C1N[C@@H](Cc2ccc(OCc3ccccc3)cc2)COC(=O)[C@@H](Cc2ccccc2)CC=CC[C@@H]1CC(=O)N(CCO)Cc1ccccc1. The van der Waals surface area contributed by atoms with E-state index in [-0.39, 0.29) is 44.0 Å². The van der Waals surface area contributed by atoms with Crippen molar-refractivity contribution < 1.29 is 29.0 Å². The molecule has 8 nitrogen and oxygen atoms in total. The molecule has 3 atom stereocenters. The number of nitrogens with one attached hydrogen (secondary N) is 1. The first-order valence-electron chi connectivity index (χ1n) is 17.3. The molecule has 1 aliphatic rings. The molecule has 4 aromatic carbocycles. The summed E-state index contributed by atoms with van der Waals surface area (Å²) in [4.78, 5) is 42.4. The molecule has 260 valence electrons. The van der Waals surface area contributed by atoms with Gasteiger partial charge in [0.05, 0.1) is 24.5 Å². The van der Waals surface area contributed by atoms with Crippen LogP contribution in [-0.2, 0) is 45.1 Å². The Morgan fingerprint density at radius 3 is 1.96 bits per heavy atom. The van der Waals surface area contributed by atoms with Crippen LogP contribution in [0.15, 0.2) is 127 Å². The zero-order chi connectivity index (χ0) is 35.0. The average molecular weight is 675 g/mol.